The second-order valence-electron chi connectivity index (χ2n) is 6.47. The highest BCUT2D eigenvalue weighted by atomic mass is 32.2. The Kier molecular flexibility index (Phi) is 4.58. The van der Waals surface area contributed by atoms with E-state index in [0.29, 0.717) is 17.4 Å². The van der Waals surface area contributed by atoms with Crippen LogP contribution < -0.4 is 4.72 Å². The third-order valence-corrected chi connectivity index (χ3v) is 7.63. The number of hydrogen-bond acceptors (Lipinski definition) is 5. The molecule has 0 aliphatic heterocycles. The summed E-state index contributed by atoms with van der Waals surface area (Å²) in [4.78, 5) is 5.12. The van der Waals surface area contributed by atoms with Crippen molar-refractivity contribution in [3.8, 4) is 10.6 Å². The summed E-state index contributed by atoms with van der Waals surface area (Å²) < 4.78 is 34.1. The molecule has 1 fully saturated rings. The van der Waals surface area contributed by atoms with Gasteiger partial charge in [0.2, 0.25) is 0 Å². The van der Waals surface area contributed by atoms with Crippen molar-refractivity contribution in [1.82, 2.24) is 4.98 Å². The Hall–Kier alpha value is -2.12. The minimum absolute atomic E-state index is 0.260. The number of aromatic nitrogens is 1. The summed E-state index contributed by atoms with van der Waals surface area (Å²) in [6.07, 6.45) is 5.99. The summed E-state index contributed by atoms with van der Waals surface area (Å²) in [6.45, 7) is 2.04. The SMILES string of the molecule is CCc1cccc(NS(=O)(=O)c2ccc(-c3cnc(C4CCC4)o3)s2)c1. The van der Waals surface area contributed by atoms with Gasteiger partial charge in [0.15, 0.2) is 11.7 Å². The first-order chi connectivity index (χ1) is 12.5. The van der Waals surface area contributed by atoms with Crippen LogP contribution in [0, 0.1) is 0 Å². The summed E-state index contributed by atoms with van der Waals surface area (Å²) in [6, 6.07) is 10.8. The van der Waals surface area contributed by atoms with Crippen LogP contribution in [0.2, 0.25) is 0 Å². The average Bonchev–Trinajstić information content (AvgIpc) is 3.22. The Labute approximate surface area is 157 Å². The van der Waals surface area contributed by atoms with Gasteiger partial charge in [-0.25, -0.2) is 13.4 Å². The molecule has 4 rings (SSSR count). The Morgan fingerprint density at radius 2 is 2.12 bits per heavy atom. The third kappa shape index (κ3) is 3.41. The maximum atomic E-state index is 12.7. The van der Waals surface area contributed by atoms with Crippen molar-refractivity contribution in [2.75, 3.05) is 4.72 Å². The fraction of sp³-hybridized carbons (Fsp3) is 0.316. The lowest BCUT2D eigenvalue weighted by Gasteiger charge is -2.21. The van der Waals surface area contributed by atoms with E-state index in [-0.39, 0.29) is 4.21 Å². The van der Waals surface area contributed by atoms with Gasteiger partial charge >= 0.3 is 0 Å². The molecule has 136 valence electrons. The summed E-state index contributed by atoms with van der Waals surface area (Å²) in [5, 5.41) is 0. The predicted octanol–water partition coefficient (Wildman–Crippen LogP) is 5.03. The van der Waals surface area contributed by atoms with Crippen LogP contribution in [0.15, 0.2) is 51.2 Å². The average molecular weight is 389 g/mol. The van der Waals surface area contributed by atoms with Gasteiger partial charge in [-0.3, -0.25) is 4.72 Å². The molecule has 1 aliphatic rings. The minimum Gasteiger partial charge on any atom is -0.440 e. The van der Waals surface area contributed by atoms with E-state index >= 15 is 0 Å². The molecule has 3 aromatic rings. The molecule has 0 unspecified atom stereocenters. The molecule has 0 radical (unpaired) electrons. The highest BCUT2D eigenvalue weighted by Crippen LogP contribution is 2.38. The standard InChI is InChI=1S/C19H20N2O3S2/c1-2-13-5-3-8-15(11-13)21-26(22,23)18-10-9-17(25-18)16-12-20-19(24-16)14-6-4-7-14/h3,5,8-12,14,21H,2,4,6-7H2,1H3. The molecule has 1 aliphatic carbocycles. The lowest BCUT2D eigenvalue weighted by atomic mass is 9.85. The number of aryl methyl sites for hydroxylation is 1. The number of nitrogens with zero attached hydrogens (tertiary/aromatic N) is 1. The van der Waals surface area contributed by atoms with E-state index in [1.807, 2.05) is 25.1 Å². The van der Waals surface area contributed by atoms with Crippen LogP contribution in [0.4, 0.5) is 5.69 Å². The maximum Gasteiger partial charge on any atom is 0.271 e. The van der Waals surface area contributed by atoms with Crippen LogP contribution in [0.25, 0.3) is 10.6 Å². The normalized spacial score (nSPS) is 15.0. The lowest BCUT2D eigenvalue weighted by Crippen LogP contribution is -2.11. The number of nitrogens with one attached hydrogen (secondary N) is 1. The van der Waals surface area contributed by atoms with Crippen molar-refractivity contribution in [3.63, 3.8) is 0 Å². The third-order valence-electron chi connectivity index (χ3n) is 4.65. The predicted molar refractivity (Wildman–Crippen MR) is 103 cm³/mol. The van der Waals surface area contributed by atoms with Crippen molar-refractivity contribution in [2.24, 2.45) is 0 Å². The summed E-state index contributed by atoms with van der Waals surface area (Å²) in [5.74, 6) is 1.81. The highest BCUT2D eigenvalue weighted by molar-refractivity contribution is 7.94. The zero-order chi connectivity index (χ0) is 18.1. The van der Waals surface area contributed by atoms with Gasteiger partial charge in [-0.2, -0.15) is 0 Å². The highest BCUT2D eigenvalue weighted by Gasteiger charge is 2.25. The van der Waals surface area contributed by atoms with Gasteiger partial charge in [-0.1, -0.05) is 25.5 Å². The molecule has 2 heterocycles. The number of anilines is 1. The first-order valence-electron chi connectivity index (χ1n) is 8.73. The lowest BCUT2D eigenvalue weighted by molar-refractivity contribution is 0.338. The molecule has 1 N–H and O–H groups in total. The van der Waals surface area contributed by atoms with Gasteiger partial charge in [-0.05, 0) is 49.1 Å². The smallest absolute Gasteiger partial charge is 0.271 e. The summed E-state index contributed by atoms with van der Waals surface area (Å²) in [7, 11) is -3.62. The van der Waals surface area contributed by atoms with Gasteiger partial charge in [0.1, 0.15) is 4.21 Å². The Morgan fingerprint density at radius 1 is 1.27 bits per heavy atom. The zero-order valence-electron chi connectivity index (χ0n) is 14.4. The van der Waals surface area contributed by atoms with E-state index in [1.54, 1.807) is 24.4 Å². The number of hydrogen-bond donors (Lipinski definition) is 1. The van der Waals surface area contributed by atoms with Gasteiger partial charge in [0.05, 0.1) is 11.1 Å². The number of sulfonamides is 1. The molecule has 0 atom stereocenters. The monoisotopic (exact) mass is 388 g/mol. The molecular weight excluding hydrogens is 368 g/mol. The molecule has 0 spiro atoms. The Morgan fingerprint density at radius 3 is 2.85 bits per heavy atom. The van der Waals surface area contributed by atoms with Gasteiger partial charge < -0.3 is 4.42 Å². The zero-order valence-corrected chi connectivity index (χ0v) is 16.1. The van der Waals surface area contributed by atoms with Gasteiger partial charge in [0.25, 0.3) is 10.0 Å². The van der Waals surface area contributed by atoms with Crippen molar-refractivity contribution in [1.29, 1.82) is 0 Å². The van der Waals surface area contributed by atoms with Crippen molar-refractivity contribution >= 4 is 27.0 Å². The number of rotatable bonds is 6. The molecule has 26 heavy (non-hydrogen) atoms. The number of benzene rings is 1. The largest absolute Gasteiger partial charge is 0.440 e. The summed E-state index contributed by atoms with van der Waals surface area (Å²) in [5.41, 5.74) is 1.66. The molecule has 7 heteroatoms. The second kappa shape index (κ2) is 6.89. The van der Waals surface area contributed by atoms with Gasteiger partial charge in [0, 0.05) is 11.6 Å². The van der Waals surface area contributed by atoms with Crippen LogP contribution in [0.1, 0.15) is 43.6 Å². The first-order valence-corrected chi connectivity index (χ1v) is 11.0. The van der Waals surface area contributed by atoms with E-state index < -0.39 is 10.0 Å². The first kappa shape index (κ1) is 17.3. The fourth-order valence-electron chi connectivity index (χ4n) is 2.90. The number of oxazole rings is 1. The molecule has 1 saturated carbocycles. The quantitative estimate of drug-likeness (QED) is 0.642. The van der Waals surface area contributed by atoms with Gasteiger partial charge in [-0.15, -0.1) is 11.3 Å². The van der Waals surface area contributed by atoms with Crippen LogP contribution in [0.5, 0.6) is 0 Å². The van der Waals surface area contributed by atoms with E-state index in [0.717, 1.165) is 35.6 Å². The molecule has 1 aromatic carbocycles. The van der Waals surface area contributed by atoms with Crippen LogP contribution in [0.3, 0.4) is 0 Å². The Bertz CT molecular complexity index is 1020. The van der Waals surface area contributed by atoms with Crippen molar-refractivity contribution in [2.45, 2.75) is 42.7 Å². The molecule has 2 aromatic heterocycles. The van der Waals surface area contributed by atoms with Crippen molar-refractivity contribution in [3.05, 3.63) is 54.0 Å². The molecule has 5 nitrogen and oxygen atoms in total. The Balaban J connectivity index is 1.55. The molecule has 0 amide bonds. The van der Waals surface area contributed by atoms with E-state index in [4.69, 9.17) is 4.42 Å². The van der Waals surface area contributed by atoms with Crippen molar-refractivity contribution < 1.29 is 12.8 Å². The van der Waals surface area contributed by atoms with Crippen LogP contribution >= 0.6 is 11.3 Å². The molecular formula is C19H20N2O3S2. The van der Waals surface area contributed by atoms with E-state index in [1.165, 1.54) is 17.8 Å². The summed E-state index contributed by atoms with van der Waals surface area (Å²) >= 11 is 1.19. The van der Waals surface area contributed by atoms with Crippen LogP contribution in [-0.2, 0) is 16.4 Å². The van der Waals surface area contributed by atoms with E-state index in [2.05, 4.69) is 9.71 Å². The minimum atomic E-state index is -3.62. The van der Waals surface area contributed by atoms with Crippen LogP contribution in [-0.4, -0.2) is 13.4 Å². The second-order valence-corrected chi connectivity index (χ2v) is 9.46. The fourth-order valence-corrected chi connectivity index (χ4v) is 5.20. The maximum absolute atomic E-state index is 12.7. The molecule has 0 saturated heterocycles. The topological polar surface area (TPSA) is 72.2 Å². The molecule has 0 bridgehead atoms. The van der Waals surface area contributed by atoms with E-state index in [9.17, 15) is 8.42 Å². The number of thiophene rings is 1.